The lowest BCUT2D eigenvalue weighted by Crippen LogP contribution is -2.47. The molecule has 1 heterocycles. The molecule has 1 N–H and O–H groups in total. The highest BCUT2D eigenvalue weighted by Crippen LogP contribution is 2.29. The second-order valence-corrected chi connectivity index (χ2v) is 9.37. The molecule has 2 aromatic carbocycles. The molecule has 3 rings (SSSR count). The van der Waals surface area contributed by atoms with Crippen molar-refractivity contribution < 1.29 is 26.4 Å². The number of alkyl halides is 3. The number of carbonyl (C=O) groups is 1. The third-order valence-electron chi connectivity index (χ3n) is 5.18. The van der Waals surface area contributed by atoms with Crippen molar-refractivity contribution >= 4 is 15.9 Å². The van der Waals surface area contributed by atoms with Gasteiger partial charge in [-0.2, -0.15) is 17.5 Å². The van der Waals surface area contributed by atoms with Gasteiger partial charge in [-0.15, -0.1) is 0 Å². The van der Waals surface area contributed by atoms with Gasteiger partial charge in [0.05, 0.1) is 10.5 Å². The number of sulfonamides is 1. The number of rotatable bonds is 6. The van der Waals surface area contributed by atoms with Crippen LogP contribution in [0.2, 0.25) is 0 Å². The molecular formula is C21H24F3N3O3S. The Hall–Kier alpha value is -2.43. The molecule has 1 aliphatic rings. The fourth-order valence-electron chi connectivity index (χ4n) is 3.26. The van der Waals surface area contributed by atoms with E-state index in [1.54, 1.807) is 0 Å². The van der Waals surface area contributed by atoms with E-state index in [1.165, 1.54) is 40.7 Å². The normalized spacial score (nSPS) is 16.3. The first-order valence-electron chi connectivity index (χ1n) is 9.80. The molecule has 6 nitrogen and oxygen atoms in total. The van der Waals surface area contributed by atoms with Crippen LogP contribution in [0.5, 0.6) is 0 Å². The van der Waals surface area contributed by atoms with Crippen LogP contribution >= 0.6 is 0 Å². The third-order valence-corrected chi connectivity index (χ3v) is 7.07. The average Bonchev–Trinajstić information content (AvgIpc) is 2.74. The molecule has 2 aromatic rings. The van der Waals surface area contributed by atoms with Gasteiger partial charge in [0, 0.05) is 38.3 Å². The van der Waals surface area contributed by atoms with Crippen molar-refractivity contribution in [3.8, 4) is 0 Å². The molecular weight excluding hydrogens is 431 g/mol. The number of benzene rings is 2. The number of amides is 1. The summed E-state index contributed by atoms with van der Waals surface area (Å²) in [5.41, 5.74) is 0.140. The Bertz CT molecular complexity index is 1020. The quantitative estimate of drug-likeness (QED) is 0.727. The molecule has 1 amide bonds. The van der Waals surface area contributed by atoms with Crippen molar-refractivity contribution in [2.45, 2.75) is 17.5 Å². The van der Waals surface area contributed by atoms with Crippen LogP contribution in [0.15, 0.2) is 53.4 Å². The Morgan fingerprint density at radius 3 is 2.29 bits per heavy atom. The first-order chi connectivity index (χ1) is 14.6. The minimum Gasteiger partial charge on any atom is -0.352 e. The van der Waals surface area contributed by atoms with Gasteiger partial charge in [0.25, 0.3) is 5.91 Å². The summed E-state index contributed by atoms with van der Waals surface area (Å²) in [5, 5.41) is 2.68. The molecule has 0 atom stereocenters. The van der Waals surface area contributed by atoms with Crippen LogP contribution in [0, 0.1) is 0 Å². The third kappa shape index (κ3) is 5.84. The van der Waals surface area contributed by atoms with Crippen molar-refractivity contribution in [3.05, 3.63) is 65.2 Å². The summed E-state index contributed by atoms with van der Waals surface area (Å²) in [6.45, 7) is 2.27. The summed E-state index contributed by atoms with van der Waals surface area (Å²) in [7, 11) is -1.76. The summed E-state index contributed by atoms with van der Waals surface area (Å²) in [6, 6.07) is 10.6. The number of nitrogens with one attached hydrogen (secondary N) is 1. The Kier molecular flexibility index (Phi) is 7.03. The van der Waals surface area contributed by atoms with Gasteiger partial charge in [-0.1, -0.05) is 18.2 Å². The lowest BCUT2D eigenvalue weighted by molar-refractivity contribution is -0.137. The van der Waals surface area contributed by atoms with Crippen molar-refractivity contribution in [2.75, 3.05) is 39.8 Å². The Labute approximate surface area is 179 Å². The molecule has 0 spiro atoms. The summed E-state index contributed by atoms with van der Waals surface area (Å²) >= 11 is 0. The van der Waals surface area contributed by atoms with E-state index in [1.807, 2.05) is 11.9 Å². The Morgan fingerprint density at radius 1 is 1.03 bits per heavy atom. The largest absolute Gasteiger partial charge is 0.416 e. The van der Waals surface area contributed by atoms with Crippen LogP contribution in [0.25, 0.3) is 0 Å². The first kappa shape index (κ1) is 23.2. The van der Waals surface area contributed by atoms with Crippen LogP contribution in [-0.4, -0.2) is 63.3 Å². The molecule has 1 saturated heterocycles. The number of halogens is 3. The topological polar surface area (TPSA) is 69.7 Å². The highest BCUT2D eigenvalue weighted by Gasteiger charge is 2.30. The molecule has 0 aromatic heterocycles. The SMILES string of the molecule is CN1CCN(S(=O)(=O)c2cccc(C(=O)NCCc3ccc(C(F)(F)F)cc3)c2)CC1. The van der Waals surface area contributed by atoms with E-state index < -0.39 is 27.7 Å². The van der Waals surface area contributed by atoms with Crippen LogP contribution in [-0.2, 0) is 22.6 Å². The molecule has 10 heteroatoms. The van der Waals surface area contributed by atoms with E-state index in [0.29, 0.717) is 38.2 Å². The molecule has 0 saturated carbocycles. The number of hydrogen-bond donors (Lipinski definition) is 1. The van der Waals surface area contributed by atoms with Crippen LogP contribution in [0.4, 0.5) is 13.2 Å². The zero-order valence-corrected chi connectivity index (χ0v) is 17.8. The molecule has 168 valence electrons. The van der Waals surface area contributed by atoms with Gasteiger partial charge >= 0.3 is 6.18 Å². The van der Waals surface area contributed by atoms with Crippen LogP contribution < -0.4 is 5.32 Å². The summed E-state index contributed by atoms with van der Waals surface area (Å²) in [5.74, 6) is -0.442. The second-order valence-electron chi connectivity index (χ2n) is 7.44. The molecule has 0 bridgehead atoms. The summed E-state index contributed by atoms with van der Waals surface area (Å²) in [6.07, 6.45) is -4.04. The van der Waals surface area contributed by atoms with Crippen molar-refractivity contribution in [1.82, 2.24) is 14.5 Å². The van der Waals surface area contributed by atoms with Crippen molar-refractivity contribution in [1.29, 1.82) is 0 Å². The van der Waals surface area contributed by atoms with Gasteiger partial charge in [-0.05, 0) is 49.4 Å². The fourth-order valence-corrected chi connectivity index (χ4v) is 4.73. The highest BCUT2D eigenvalue weighted by atomic mass is 32.2. The van der Waals surface area contributed by atoms with Gasteiger partial charge in [0.2, 0.25) is 10.0 Å². The van der Waals surface area contributed by atoms with Gasteiger partial charge < -0.3 is 10.2 Å². The molecule has 0 radical (unpaired) electrons. The number of likely N-dealkylation sites (N-methyl/N-ethyl adjacent to an activating group) is 1. The highest BCUT2D eigenvalue weighted by molar-refractivity contribution is 7.89. The second kappa shape index (κ2) is 9.37. The average molecular weight is 456 g/mol. The Balaban J connectivity index is 1.60. The Morgan fingerprint density at radius 2 is 1.68 bits per heavy atom. The molecule has 1 aliphatic heterocycles. The lowest BCUT2D eigenvalue weighted by atomic mass is 10.1. The fraction of sp³-hybridized carbons (Fsp3) is 0.381. The van der Waals surface area contributed by atoms with E-state index in [4.69, 9.17) is 0 Å². The maximum atomic E-state index is 12.9. The predicted molar refractivity (Wildman–Crippen MR) is 110 cm³/mol. The zero-order valence-electron chi connectivity index (χ0n) is 17.0. The van der Waals surface area contributed by atoms with Gasteiger partial charge in [-0.25, -0.2) is 8.42 Å². The van der Waals surface area contributed by atoms with Gasteiger partial charge in [0.15, 0.2) is 0 Å². The summed E-state index contributed by atoms with van der Waals surface area (Å²) in [4.78, 5) is 14.6. The predicted octanol–water partition coefficient (Wildman–Crippen LogP) is 2.61. The van der Waals surface area contributed by atoms with Gasteiger partial charge in [0.1, 0.15) is 0 Å². The monoisotopic (exact) mass is 455 g/mol. The van der Waals surface area contributed by atoms with E-state index in [0.717, 1.165) is 12.1 Å². The number of piperazine rings is 1. The number of hydrogen-bond acceptors (Lipinski definition) is 4. The first-order valence-corrected chi connectivity index (χ1v) is 11.2. The summed E-state index contributed by atoms with van der Waals surface area (Å²) < 4.78 is 65.0. The maximum Gasteiger partial charge on any atom is 0.416 e. The zero-order chi connectivity index (χ0) is 22.6. The molecule has 31 heavy (non-hydrogen) atoms. The minimum atomic E-state index is -4.39. The van der Waals surface area contributed by atoms with Crippen molar-refractivity contribution in [3.63, 3.8) is 0 Å². The number of carbonyl (C=O) groups excluding carboxylic acids is 1. The van der Waals surface area contributed by atoms with E-state index >= 15 is 0 Å². The molecule has 0 unspecified atom stereocenters. The minimum absolute atomic E-state index is 0.0624. The standard InChI is InChI=1S/C21H24F3N3O3S/c1-26-11-13-27(14-12-26)31(29,30)19-4-2-3-17(15-19)20(28)25-10-9-16-5-7-18(8-6-16)21(22,23)24/h2-8,15H,9-14H2,1H3,(H,25,28). The maximum absolute atomic E-state index is 12.9. The molecule has 1 fully saturated rings. The molecule has 0 aliphatic carbocycles. The van der Waals surface area contributed by atoms with Crippen LogP contribution in [0.3, 0.4) is 0 Å². The van der Waals surface area contributed by atoms with Crippen molar-refractivity contribution in [2.24, 2.45) is 0 Å². The van der Waals surface area contributed by atoms with E-state index in [-0.39, 0.29) is 17.0 Å². The van der Waals surface area contributed by atoms with Gasteiger partial charge in [-0.3, -0.25) is 4.79 Å². The lowest BCUT2D eigenvalue weighted by Gasteiger charge is -2.31. The van der Waals surface area contributed by atoms with E-state index in [9.17, 15) is 26.4 Å². The van der Waals surface area contributed by atoms with E-state index in [2.05, 4.69) is 5.32 Å². The number of nitrogens with zero attached hydrogens (tertiary/aromatic N) is 2. The van der Waals surface area contributed by atoms with Crippen LogP contribution in [0.1, 0.15) is 21.5 Å². The smallest absolute Gasteiger partial charge is 0.352 e.